The molecular weight excluding hydrogens is 270 g/mol. The minimum atomic E-state index is -0.391. The van der Waals surface area contributed by atoms with Crippen LogP contribution in [0.4, 0.5) is 5.82 Å². The van der Waals surface area contributed by atoms with E-state index < -0.39 is 6.10 Å². The SMILES string of the molecule is Cc1ccnc(N2CC(O)CC2CN(C)C)c1/C(N)=N/O. The third-order valence-corrected chi connectivity index (χ3v) is 3.74. The van der Waals surface area contributed by atoms with Crippen LogP contribution in [0.5, 0.6) is 0 Å². The molecule has 1 aromatic heterocycles. The van der Waals surface area contributed by atoms with Gasteiger partial charge < -0.3 is 25.8 Å². The van der Waals surface area contributed by atoms with E-state index in [9.17, 15) is 5.11 Å². The Labute approximate surface area is 124 Å². The molecule has 0 saturated carbocycles. The number of hydrogen-bond acceptors (Lipinski definition) is 6. The number of nitrogens with zero attached hydrogens (tertiary/aromatic N) is 4. The van der Waals surface area contributed by atoms with Crippen LogP contribution in [0.25, 0.3) is 0 Å². The Morgan fingerprint density at radius 1 is 1.57 bits per heavy atom. The van der Waals surface area contributed by atoms with Crippen LogP contribution in [0.3, 0.4) is 0 Å². The van der Waals surface area contributed by atoms with Crippen molar-refractivity contribution in [2.45, 2.75) is 25.5 Å². The second-order valence-corrected chi connectivity index (χ2v) is 5.77. The first-order chi connectivity index (χ1) is 9.93. The molecule has 2 unspecified atom stereocenters. The number of β-amino-alcohol motifs (C(OH)–C–C–N with tert-alkyl or cyclic N) is 1. The van der Waals surface area contributed by atoms with E-state index in [1.165, 1.54) is 0 Å². The maximum atomic E-state index is 10.0. The van der Waals surface area contributed by atoms with Crippen molar-refractivity contribution in [3.05, 3.63) is 23.4 Å². The van der Waals surface area contributed by atoms with E-state index in [4.69, 9.17) is 10.9 Å². The number of aliphatic hydroxyl groups is 1. The molecule has 21 heavy (non-hydrogen) atoms. The molecule has 0 aliphatic carbocycles. The zero-order chi connectivity index (χ0) is 15.6. The molecule has 1 aliphatic rings. The van der Waals surface area contributed by atoms with Crippen LogP contribution in [0.1, 0.15) is 17.5 Å². The zero-order valence-corrected chi connectivity index (χ0v) is 12.7. The van der Waals surface area contributed by atoms with Crippen molar-refractivity contribution >= 4 is 11.7 Å². The summed E-state index contributed by atoms with van der Waals surface area (Å²) in [5.74, 6) is 0.703. The van der Waals surface area contributed by atoms with Crippen LogP contribution in [-0.2, 0) is 0 Å². The van der Waals surface area contributed by atoms with E-state index in [1.807, 2.05) is 32.0 Å². The van der Waals surface area contributed by atoms with Gasteiger partial charge in [0.25, 0.3) is 0 Å². The van der Waals surface area contributed by atoms with E-state index >= 15 is 0 Å². The normalized spacial score (nSPS) is 23.1. The third-order valence-electron chi connectivity index (χ3n) is 3.74. The van der Waals surface area contributed by atoms with Gasteiger partial charge in [-0.05, 0) is 39.1 Å². The Bertz CT molecular complexity index is 532. The standard InChI is InChI=1S/C14H23N5O2/c1-9-4-5-16-14(12(9)13(15)17-21)19-8-11(20)6-10(19)7-18(2)3/h4-5,10-11,20-21H,6-8H2,1-3H3,(H2,15,17). The number of rotatable bonds is 4. The second kappa shape index (κ2) is 6.28. The first kappa shape index (κ1) is 15.5. The highest BCUT2D eigenvalue weighted by Gasteiger charge is 2.34. The topological polar surface area (TPSA) is 98.2 Å². The third kappa shape index (κ3) is 3.25. The monoisotopic (exact) mass is 293 g/mol. The van der Waals surface area contributed by atoms with E-state index in [0.717, 1.165) is 12.1 Å². The summed E-state index contributed by atoms with van der Waals surface area (Å²) in [4.78, 5) is 8.53. The van der Waals surface area contributed by atoms with Gasteiger partial charge in [-0.3, -0.25) is 0 Å². The molecule has 2 heterocycles. The van der Waals surface area contributed by atoms with Crippen LogP contribution >= 0.6 is 0 Å². The van der Waals surface area contributed by atoms with E-state index in [0.29, 0.717) is 24.3 Å². The molecule has 4 N–H and O–H groups in total. The molecule has 0 spiro atoms. The maximum absolute atomic E-state index is 10.0. The average molecular weight is 293 g/mol. The van der Waals surface area contributed by atoms with Gasteiger partial charge in [0, 0.05) is 25.3 Å². The van der Waals surface area contributed by atoms with Crippen molar-refractivity contribution in [2.75, 3.05) is 32.1 Å². The van der Waals surface area contributed by atoms with E-state index in [-0.39, 0.29) is 11.9 Å². The minimum absolute atomic E-state index is 0.0422. The molecule has 2 rings (SSSR count). The summed E-state index contributed by atoms with van der Waals surface area (Å²) in [6, 6.07) is 1.97. The number of pyridine rings is 1. The summed E-state index contributed by atoms with van der Waals surface area (Å²) in [5.41, 5.74) is 7.32. The van der Waals surface area contributed by atoms with Crippen LogP contribution in [0.2, 0.25) is 0 Å². The van der Waals surface area contributed by atoms with Crippen molar-refractivity contribution < 1.29 is 10.3 Å². The molecule has 1 saturated heterocycles. The molecule has 0 aromatic carbocycles. The molecule has 0 bridgehead atoms. The van der Waals surface area contributed by atoms with Crippen molar-refractivity contribution in [1.82, 2.24) is 9.88 Å². The highest BCUT2D eigenvalue weighted by atomic mass is 16.4. The fourth-order valence-electron chi connectivity index (χ4n) is 2.87. The fraction of sp³-hybridized carbons (Fsp3) is 0.571. The van der Waals surface area contributed by atoms with Gasteiger partial charge in [0.2, 0.25) is 0 Å². The Kier molecular flexibility index (Phi) is 4.64. The van der Waals surface area contributed by atoms with Gasteiger partial charge in [-0.15, -0.1) is 0 Å². The summed E-state index contributed by atoms with van der Waals surface area (Å²) in [7, 11) is 3.99. The summed E-state index contributed by atoms with van der Waals surface area (Å²) in [6.45, 7) is 3.20. The quantitative estimate of drug-likeness (QED) is 0.312. The molecule has 7 nitrogen and oxygen atoms in total. The van der Waals surface area contributed by atoms with Crippen LogP contribution < -0.4 is 10.6 Å². The average Bonchev–Trinajstić information content (AvgIpc) is 2.77. The highest BCUT2D eigenvalue weighted by molar-refractivity contribution is 6.02. The van der Waals surface area contributed by atoms with Gasteiger partial charge in [0.1, 0.15) is 5.82 Å². The number of anilines is 1. The predicted molar refractivity (Wildman–Crippen MR) is 81.8 cm³/mol. The lowest BCUT2D eigenvalue weighted by Crippen LogP contribution is -2.39. The predicted octanol–water partition coefficient (Wildman–Crippen LogP) is -0.0143. The van der Waals surface area contributed by atoms with Gasteiger partial charge >= 0.3 is 0 Å². The van der Waals surface area contributed by atoms with Gasteiger partial charge in [0.05, 0.1) is 11.7 Å². The van der Waals surface area contributed by atoms with E-state index in [1.54, 1.807) is 6.20 Å². The van der Waals surface area contributed by atoms with E-state index in [2.05, 4.69) is 15.0 Å². The Hall–Kier alpha value is -1.86. The molecule has 1 aliphatic heterocycles. The number of aryl methyl sites for hydroxylation is 1. The summed E-state index contributed by atoms with van der Waals surface area (Å²) < 4.78 is 0. The second-order valence-electron chi connectivity index (χ2n) is 5.77. The molecule has 0 radical (unpaired) electrons. The fourth-order valence-corrected chi connectivity index (χ4v) is 2.87. The number of hydrogen-bond donors (Lipinski definition) is 3. The number of nitrogens with two attached hydrogens (primary N) is 1. The number of aromatic nitrogens is 1. The van der Waals surface area contributed by atoms with Crippen molar-refractivity contribution in [2.24, 2.45) is 10.9 Å². The number of aliphatic hydroxyl groups excluding tert-OH is 1. The number of amidine groups is 1. The Balaban J connectivity index is 2.42. The molecule has 1 aromatic rings. The smallest absolute Gasteiger partial charge is 0.174 e. The Morgan fingerprint density at radius 3 is 2.90 bits per heavy atom. The van der Waals surface area contributed by atoms with Crippen molar-refractivity contribution in [3.8, 4) is 0 Å². The maximum Gasteiger partial charge on any atom is 0.174 e. The lowest BCUT2D eigenvalue weighted by atomic mass is 10.1. The number of likely N-dealkylation sites (N-methyl/N-ethyl adjacent to an activating group) is 1. The van der Waals surface area contributed by atoms with Crippen molar-refractivity contribution in [1.29, 1.82) is 0 Å². The first-order valence-electron chi connectivity index (χ1n) is 6.97. The molecular formula is C14H23N5O2. The minimum Gasteiger partial charge on any atom is -0.409 e. The van der Waals surface area contributed by atoms with Crippen LogP contribution in [0.15, 0.2) is 17.4 Å². The van der Waals surface area contributed by atoms with Gasteiger partial charge in [-0.1, -0.05) is 5.16 Å². The molecule has 116 valence electrons. The van der Waals surface area contributed by atoms with Crippen molar-refractivity contribution in [3.63, 3.8) is 0 Å². The number of oxime groups is 1. The van der Waals surface area contributed by atoms with Gasteiger partial charge in [0.15, 0.2) is 5.84 Å². The zero-order valence-electron chi connectivity index (χ0n) is 12.7. The molecule has 2 atom stereocenters. The molecule has 1 fully saturated rings. The largest absolute Gasteiger partial charge is 0.409 e. The lowest BCUT2D eigenvalue weighted by molar-refractivity contribution is 0.191. The first-order valence-corrected chi connectivity index (χ1v) is 6.97. The summed E-state index contributed by atoms with van der Waals surface area (Å²) in [5, 5.41) is 22.1. The van der Waals surface area contributed by atoms with Crippen LogP contribution in [-0.4, -0.2) is 65.4 Å². The van der Waals surface area contributed by atoms with Gasteiger partial charge in [-0.2, -0.15) is 0 Å². The summed E-state index contributed by atoms with van der Waals surface area (Å²) >= 11 is 0. The van der Waals surface area contributed by atoms with Crippen LogP contribution in [0, 0.1) is 6.92 Å². The lowest BCUT2D eigenvalue weighted by Gasteiger charge is -2.29. The summed E-state index contributed by atoms with van der Waals surface area (Å²) in [6.07, 6.45) is 2.00. The van der Waals surface area contributed by atoms with Gasteiger partial charge in [-0.25, -0.2) is 4.98 Å². The molecule has 0 amide bonds. The molecule has 7 heteroatoms. The Morgan fingerprint density at radius 2 is 2.29 bits per heavy atom. The highest BCUT2D eigenvalue weighted by Crippen LogP contribution is 2.29.